The molecule has 0 unspecified atom stereocenters. The van der Waals surface area contributed by atoms with E-state index in [0.717, 1.165) is 11.4 Å². The van der Waals surface area contributed by atoms with Gasteiger partial charge in [-0.3, -0.25) is 4.79 Å². The number of amides is 1. The first-order chi connectivity index (χ1) is 10.5. The lowest BCUT2D eigenvalue weighted by molar-refractivity contribution is 0.0313. The molecule has 0 atom stereocenters. The van der Waals surface area contributed by atoms with E-state index >= 15 is 0 Å². The van der Waals surface area contributed by atoms with Crippen molar-refractivity contribution in [3.8, 4) is 5.69 Å². The lowest BCUT2D eigenvalue weighted by Crippen LogP contribution is -2.42. The molecule has 2 aromatic rings. The Kier molecular flexibility index (Phi) is 4.98. The molecule has 0 bridgehead atoms. The van der Waals surface area contributed by atoms with Gasteiger partial charge in [-0.2, -0.15) is 5.10 Å². The van der Waals surface area contributed by atoms with Gasteiger partial charge in [-0.15, -0.1) is 0 Å². The number of aliphatic hydroxyl groups is 1. The zero-order chi connectivity index (χ0) is 16.2. The Bertz CT molecular complexity index is 631. The SMILES string of the molecule is CCC(O)(CC)CNC(=O)c1cc(C)n(-c2ccccc2)n1. The van der Waals surface area contributed by atoms with Gasteiger partial charge in [-0.05, 0) is 38.0 Å². The van der Waals surface area contributed by atoms with Crippen molar-refractivity contribution in [2.24, 2.45) is 0 Å². The van der Waals surface area contributed by atoms with E-state index in [1.807, 2.05) is 51.1 Å². The van der Waals surface area contributed by atoms with Crippen molar-refractivity contribution in [3.63, 3.8) is 0 Å². The number of benzene rings is 1. The maximum absolute atomic E-state index is 12.2. The zero-order valence-electron chi connectivity index (χ0n) is 13.3. The topological polar surface area (TPSA) is 67.2 Å². The zero-order valence-corrected chi connectivity index (χ0v) is 13.3. The van der Waals surface area contributed by atoms with Crippen molar-refractivity contribution in [1.29, 1.82) is 0 Å². The molecule has 1 aromatic carbocycles. The van der Waals surface area contributed by atoms with Crippen LogP contribution < -0.4 is 5.32 Å². The number of nitrogens with one attached hydrogen (secondary N) is 1. The molecule has 2 N–H and O–H groups in total. The summed E-state index contributed by atoms with van der Waals surface area (Å²) in [6.45, 7) is 5.95. The van der Waals surface area contributed by atoms with Crippen molar-refractivity contribution >= 4 is 5.91 Å². The van der Waals surface area contributed by atoms with Gasteiger partial charge < -0.3 is 10.4 Å². The highest BCUT2D eigenvalue weighted by molar-refractivity contribution is 5.92. The quantitative estimate of drug-likeness (QED) is 0.861. The van der Waals surface area contributed by atoms with Crippen LogP contribution in [0.4, 0.5) is 0 Å². The van der Waals surface area contributed by atoms with E-state index in [1.165, 1.54) is 0 Å². The maximum atomic E-state index is 12.2. The Balaban J connectivity index is 2.12. The Morgan fingerprint density at radius 3 is 2.50 bits per heavy atom. The summed E-state index contributed by atoms with van der Waals surface area (Å²) < 4.78 is 1.74. The van der Waals surface area contributed by atoms with E-state index in [1.54, 1.807) is 10.7 Å². The van der Waals surface area contributed by atoms with Crippen LogP contribution in [0.1, 0.15) is 42.9 Å². The molecule has 0 saturated heterocycles. The van der Waals surface area contributed by atoms with Crippen molar-refractivity contribution < 1.29 is 9.90 Å². The van der Waals surface area contributed by atoms with Gasteiger partial charge in [0.05, 0.1) is 11.3 Å². The Labute approximate surface area is 131 Å². The summed E-state index contributed by atoms with van der Waals surface area (Å²) in [5.74, 6) is -0.266. The van der Waals surface area contributed by atoms with E-state index in [4.69, 9.17) is 0 Å². The van der Waals surface area contributed by atoms with Gasteiger partial charge in [0.15, 0.2) is 5.69 Å². The van der Waals surface area contributed by atoms with Crippen LogP contribution >= 0.6 is 0 Å². The number of aryl methyl sites for hydroxylation is 1. The molecule has 1 amide bonds. The number of carbonyl (C=O) groups excluding carboxylic acids is 1. The standard InChI is InChI=1S/C17H23N3O2/c1-4-17(22,5-2)12-18-16(21)15-11-13(3)20(19-15)14-9-7-6-8-10-14/h6-11,22H,4-5,12H2,1-3H3,(H,18,21). The fraction of sp³-hybridized carbons (Fsp3) is 0.412. The molecule has 5 heteroatoms. The molecule has 118 valence electrons. The van der Waals surface area contributed by atoms with E-state index in [0.29, 0.717) is 18.5 Å². The van der Waals surface area contributed by atoms with Gasteiger partial charge >= 0.3 is 0 Å². The molecule has 0 aliphatic carbocycles. The molecule has 0 fully saturated rings. The van der Waals surface area contributed by atoms with Gasteiger partial charge in [0.2, 0.25) is 0 Å². The van der Waals surface area contributed by atoms with Gasteiger partial charge in [-0.1, -0.05) is 32.0 Å². The van der Waals surface area contributed by atoms with Gasteiger partial charge in [0.25, 0.3) is 5.91 Å². The number of nitrogens with zero attached hydrogens (tertiary/aromatic N) is 2. The molecular formula is C17H23N3O2. The van der Waals surface area contributed by atoms with E-state index in [-0.39, 0.29) is 12.5 Å². The molecule has 0 saturated carbocycles. The van der Waals surface area contributed by atoms with Crippen LogP contribution in [0.25, 0.3) is 5.69 Å². The van der Waals surface area contributed by atoms with Crippen LogP contribution in [0.3, 0.4) is 0 Å². The third-order valence-corrected chi connectivity index (χ3v) is 4.02. The summed E-state index contributed by atoms with van der Waals surface area (Å²) >= 11 is 0. The second-order valence-electron chi connectivity index (χ2n) is 5.53. The number of rotatable bonds is 6. The molecule has 0 aliphatic heterocycles. The summed E-state index contributed by atoms with van der Waals surface area (Å²) in [7, 11) is 0. The van der Waals surface area contributed by atoms with Crippen LogP contribution in [-0.4, -0.2) is 32.9 Å². The van der Waals surface area contributed by atoms with Gasteiger partial charge in [-0.25, -0.2) is 4.68 Å². The monoisotopic (exact) mass is 301 g/mol. The summed E-state index contributed by atoms with van der Waals surface area (Å²) in [4.78, 5) is 12.2. The Hall–Kier alpha value is -2.14. The van der Waals surface area contributed by atoms with Gasteiger partial charge in [0.1, 0.15) is 0 Å². The largest absolute Gasteiger partial charge is 0.388 e. The number of hydrogen-bond donors (Lipinski definition) is 2. The highest BCUT2D eigenvalue weighted by atomic mass is 16.3. The molecule has 22 heavy (non-hydrogen) atoms. The first kappa shape index (κ1) is 16.2. The van der Waals surface area contributed by atoms with E-state index in [9.17, 15) is 9.90 Å². The summed E-state index contributed by atoms with van der Waals surface area (Å²) in [5, 5.41) is 17.3. The lowest BCUT2D eigenvalue weighted by Gasteiger charge is -2.25. The molecule has 1 heterocycles. The smallest absolute Gasteiger partial charge is 0.271 e. The first-order valence-corrected chi connectivity index (χ1v) is 7.62. The highest BCUT2D eigenvalue weighted by Gasteiger charge is 2.23. The average Bonchev–Trinajstić information content (AvgIpc) is 2.95. The maximum Gasteiger partial charge on any atom is 0.271 e. The third kappa shape index (κ3) is 3.54. The minimum Gasteiger partial charge on any atom is -0.388 e. The fourth-order valence-corrected chi connectivity index (χ4v) is 2.25. The molecule has 5 nitrogen and oxygen atoms in total. The van der Waals surface area contributed by atoms with Crippen molar-refractivity contribution in [3.05, 3.63) is 47.8 Å². The molecule has 0 aliphatic rings. The van der Waals surface area contributed by atoms with Crippen LogP contribution in [0, 0.1) is 6.92 Å². The minimum atomic E-state index is -0.854. The van der Waals surface area contributed by atoms with Crippen LogP contribution in [0.2, 0.25) is 0 Å². The van der Waals surface area contributed by atoms with E-state index < -0.39 is 5.60 Å². The molecular weight excluding hydrogens is 278 g/mol. The molecule has 0 radical (unpaired) electrons. The predicted molar refractivity (Wildman–Crippen MR) is 86.2 cm³/mol. The Morgan fingerprint density at radius 1 is 1.27 bits per heavy atom. The average molecular weight is 301 g/mol. The van der Waals surface area contributed by atoms with Crippen LogP contribution in [0.15, 0.2) is 36.4 Å². The van der Waals surface area contributed by atoms with Crippen LogP contribution in [-0.2, 0) is 0 Å². The fourth-order valence-electron chi connectivity index (χ4n) is 2.25. The van der Waals surface area contributed by atoms with Crippen molar-refractivity contribution in [2.75, 3.05) is 6.54 Å². The highest BCUT2D eigenvalue weighted by Crippen LogP contribution is 2.14. The summed E-state index contributed by atoms with van der Waals surface area (Å²) in [6, 6.07) is 11.4. The summed E-state index contributed by atoms with van der Waals surface area (Å²) in [6.07, 6.45) is 1.20. The molecule has 2 rings (SSSR count). The normalized spacial score (nSPS) is 11.5. The second-order valence-corrected chi connectivity index (χ2v) is 5.53. The first-order valence-electron chi connectivity index (χ1n) is 7.62. The molecule has 0 spiro atoms. The molecule has 1 aromatic heterocycles. The van der Waals surface area contributed by atoms with Crippen molar-refractivity contribution in [1.82, 2.24) is 15.1 Å². The van der Waals surface area contributed by atoms with Crippen molar-refractivity contribution in [2.45, 2.75) is 39.2 Å². The van der Waals surface area contributed by atoms with Crippen LogP contribution in [0.5, 0.6) is 0 Å². The number of carbonyl (C=O) groups is 1. The minimum absolute atomic E-state index is 0.232. The third-order valence-electron chi connectivity index (χ3n) is 4.02. The lowest BCUT2D eigenvalue weighted by atomic mass is 9.97. The van der Waals surface area contributed by atoms with E-state index in [2.05, 4.69) is 10.4 Å². The second kappa shape index (κ2) is 6.75. The Morgan fingerprint density at radius 2 is 1.91 bits per heavy atom. The number of para-hydroxylation sites is 1. The number of aromatic nitrogens is 2. The van der Waals surface area contributed by atoms with Gasteiger partial charge in [0, 0.05) is 12.2 Å². The number of hydrogen-bond acceptors (Lipinski definition) is 3. The predicted octanol–water partition coefficient (Wildman–Crippen LogP) is 2.46. The summed E-state index contributed by atoms with van der Waals surface area (Å²) in [5.41, 5.74) is 1.30.